The van der Waals surface area contributed by atoms with Crippen molar-refractivity contribution in [1.82, 2.24) is 0 Å². The van der Waals surface area contributed by atoms with Crippen molar-refractivity contribution < 1.29 is 4.42 Å². The van der Waals surface area contributed by atoms with E-state index in [4.69, 9.17) is 4.42 Å². The summed E-state index contributed by atoms with van der Waals surface area (Å²) < 4.78 is 6.19. The molecule has 1 aromatic heterocycles. The highest BCUT2D eigenvalue weighted by atomic mass is 28.3. The van der Waals surface area contributed by atoms with Crippen LogP contribution < -0.4 is 15.6 Å². The first-order valence-electron chi connectivity index (χ1n) is 16.5. The normalized spacial score (nSPS) is 11.6. The van der Waals surface area contributed by atoms with Gasteiger partial charge in [-0.1, -0.05) is 164 Å². The van der Waals surface area contributed by atoms with Gasteiger partial charge in [0.2, 0.25) is 14.0 Å². The third-order valence-corrected chi connectivity index (χ3v) is 13.4. The Labute approximate surface area is 287 Å². The molecule has 0 bridgehead atoms. The van der Waals surface area contributed by atoms with Crippen LogP contribution in [0.4, 0.5) is 5.88 Å². The number of hydrogen-bond donors (Lipinski definition) is 0. The SMILES string of the molecule is C=Cc1c(/N=C\C)oc2ccc([Si](C#Cc3c4ccccc4c(-c4ccccc4)c4ccccc34)(c3ccccc3)c3ccccc3)cc12. The van der Waals surface area contributed by atoms with Crippen LogP contribution in [0.15, 0.2) is 174 Å². The molecule has 0 aliphatic carbocycles. The van der Waals surface area contributed by atoms with Gasteiger partial charge in [-0.15, -0.1) is 5.54 Å². The predicted octanol–water partition coefficient (Wildman–Crippen LogP) is 9.83. The largest absolute Gasteiger partial charge is 0.438 e. The summed E-state index contributed by atoms with van der Waals surface area (Å²) in [6.45, 7) is 6.01. The highest BCUT2D eigenvalue weighted by Crippen LogP contribution is 2.39. The number of aliphatic imine (C=N–C) groups is 1. The quantitative estimate of drug-likeness (QED) is 0.0582. The Kier molecular flexibility index (Phi) is 7.85. The van der Waals surface area contributed by atoms with E-state index in [0.29, 0.717) is 5.88 Å². The van der Waals surface area contributed by atoms with Crippen molar-refractivity contribution in [2.75, 3.05) is 0 Å². The highest BCUT2D eigenvalue weighted by molar-refractivity contribution is 7.17. The van der Waals surface area contributed by atoms with Gasteiger partial charge in [0.05, 0.1) is 0 Å². The van der Waals surface area contributed by atoms with Gasteiger partial charge in [-0.05, 0) is 67.3 Å². The number of hydrogen-bond acceptors (Lipinski definition) is 2. The molecule has 0 atom stereocenters. The van der Waals surface area contributed by atoms with E-state index in [1.807, 2.05) is 13.0 Å². The van der Waals surface area contributed by atoms with E-state index in [9.17, 15) is 0 Å². The Bertz CT molecular complexity index is 2480. The monoisotopic (exact) mass is 643 g/mol. The predicted molar refractivity (Wildman–Crippen MR) is 211 cm³/mol. The molecule has 2 nitrogen and oxygen atoms in total. The van der Waals surface area contributed by atoms with Crippen molar-refractivity contribution in [3.8, 4) is 22.6 Å². The van der Waals surface area contributed by atoms with Crippen LogP contribution in [0.2, 0.25) is 0 Å². The molecule has 1 heterocycles. The highest BCUT2D eigenvalue weighted by Gasteiger charge is 2.39. The molecule has 0 saturated heterocycles. The minimum Gasteiger partial charge on any atom is -0.438 e. The average Bonchev–Trinajstić information content (AvgIpc) is 3.52. The molecule has 0 amide bonds. The van der Waals surface area contributed by atoms with Crippen molar-refractivity contribution in [3.63, 3.8) is 0 Å². The van der Waals surface area contributed by atoms with Gasteiger partial charge in [0.1, 0.15) is 5.58 Å². The van der Waals surface area contributed by atoms with Crippen molar-refractivity contribution in [3.05, 3.63) is 175 Å². The van der Waals surface area contributed by atoms with Crippen LogP contribution in [0.5, 0.6) is 0 Å². The van der Waals surface area contributed by atoms with Crippen molar-refractivity contribution in [2.24, 2.45) is 4.99 Å². The maximum atomic E-state index is 6.19. The van der Waals surface area contributed by atoms with Crippen molar-refractivity contribution in [1.29, 1.82) is 0 Å². The first kappa shape index (κ1) is 30.1. The van der Waals surface area contributed by atoms with Gasteiger partial charge >= 0.3 is 0 Å². The second kappa shape index (κ2) is 12.8. The molecule has 0 spiro atoms. The Morgan fingerprint density at radius 2 is 1.12 bits per heavy atom. The van der Waals surface area contributed by atoms with Gasteiger partial charge in [0.15, 0.2) is 0 Å². The number of fused-ring (bicyclic) bond motifs is 3. The van der Waals surface area contributed by atoms with Crippen molar-refractivity contribution in [2.45, 2.75) is 6.92 Å². The third kappa shape index (κ3) is 5.11. The summed E-state index contributed by atoms with van der Waals surface area (Å²) in [6.07, 6.45) is 3.59. The maximum Gasteiger partial charge on any atom is 0.230 e. The topological polar surface area (TPSA) is 25.5 Å². The summed E-state index contributed by atoms with van der Waals surface area (Å²) >= 11 is 0. The molecule has 232 valence electrons. The van der Waals surface area contributed by atoms with Gasteiger partial charge in [-0.25, -0.2) is 4.99 Å². The second-order valence-electron chi connectivity index (χ2n) is 12.1. The van der Waals surface area contributed by atoms with Gasteiger partial charge in [0, 0.05) is 22.7 Å². The smallest absolute Gasteiger partial charge is 0.230 e. The molecule has 8 aromatic rings. The van der Waals surface area contributed by atoms with Crippen LogP contribution in [0.3, 0.4) is 0 Å². The zero-order valence-electron chi connectivity index (χ0n) is 27.2. The summed E-state index contributed by atoms with van der Waals surface area (Å²) in [4.78, 5) is 4.51. The minimum absolute atomic E-state index is 0.568. The minimum atomic E-state index is -3.00. The van der Waals surface area contributed by atoms with Crippen LogP contribution in [-0.2, 0) is 0 Å². The fourth-order valence-corrected chi connectivity index (χ4v) is 11.0. The maximum absolute atomic E-state index is 6.19. The van der Waals surface area contributed by atoms with E-state index in [1.54, 1.807) is 6.21 Å². The van der Waals surface area contributed by atoms with Gasteiger partial charge in [-0.2, -0.15) is 0 Å². The lowest BCUT2D eigenvalue weighted by Gasteiger charge is -2.28. The van der Waals surface area contributed by atoms with Crippen LogP contribution >= 0.6 is 0 Å². The van der Waals surface area contributed by atoms with Gasteiger partial charge in [-0.3, -0.25) is 0 Å². The van der Waals surface area contributed by atoms with Crippen molar-refractivity contribution >= 4 is 74.3 Å². The van der Waals surface area contributed by atoms with Gasteiger partial charge in [0.25, 0.3) is 0 Å². The molecule has 0 radical (unpaired) electrons. The van der Waals surface area contributed by atoms with E-state index < -0.39 is 8.07 Å². The van der Waals surface area contributed by atoms with Crippen LogP contribution in [0.25, 0.3) is 49.7 Å². The number of benzene rings is 7. The zero-order valence-corrected chi connectivity index (χ0v) is 28.2. The lowest BCUT2D eigenvalue weighted by Crippen LogP contribution is -2.66. The Morgan fingerprint density at radius 1 is 0.592 bits per heavy atom. The number of rotatable bonds is 6. The lowest BCUT2D eigenvalue weighted by atomic mass is 9.89. The third-order valence-electron chi connectivity index (χ3n) is 9.37. The molecular weight excluding hydrogens is 611 g/mol. The molecule has 3 heteroatoms. The number of nitrogens with zero attached hydrogens (tertiary/aromatic N) is 1. The molecule has 0 saturated carbocycles. The van der Waals surface area contributed by atoms with E-state index in [1.165, 1.54) is 37.5 Å². The number of furan rings is 1. The molecule has 0 N–H and O–H groups in total. The first-order valence-corrected chi connectivity index (χ1v) is 18.5. The first-order chi connectivity index (χ1) is 24.2. The summed E-state index contributed by atoms with van der Waals surface area (Å²) in [5.41, 5.74) is 9.23. The van der Waals surface area contributed by atoms with Crippen LogP contribution in [-0.4, -0.2) is 14.3 Å². The summed E-state index contributed by atoms with van der Waals surface area (Å²) in [6, 6.07) is 56.2. The fourth-order valence-electron chi connectivity index (χ4n) is 7.18. The molecular formula is C46H33NOSi. The van der Waals surface area contributed by atoms with Crippen LogP contribution in [0, 0.1) is 11.5 Å². The summed E-state index contributed by atoms with van der Waals surface area (Å²) in [5.74, 6) is 4.46. The Hall–Kier alpha value is -6.21. The van der Waals surface area contributed by atoms with E-state index in [-0.39, 0.29) is 0 Å². The van der Waals surface area contributed by atoms with E-state index >= 15 is 0 Å². The molecule has 0 unspecified atom stereocenters. The Morgan fingerprint density at radius 3 is 1.67 bits per heavy atom. The summed E-state index contributed by atoms with van der Waals surface area (Å²) in [7, 11) is -3.00. The molecule has 8 rings (SSSR count). The second-order valence-corrected chi connectivity index (χ2v) is 15.5. The molecule has 0 aliphatic rings. The zero-order chi connectivity index (χ0) is 33.2. The van der Waals surface area contributed by atoms with Crippen LogP contribution in [0.1, 0.15) is 18.1 Å². The Balaban J connectivity index is 1.48. The standard InChI is InChI=1S/C46H33NOSi/c1-3-37-43-32-36(28-29-44(43)48-46(37)47-4-2)49(34-20-10-6-11-21-34,35-22-12-7-13-23-35)31-30-40-38-24-14-16-26-41(38)45(33-18-8-5-9-19-33)42-27-17-15-25-39(40)42/h3-29,32H,1H2,2H3/b47-4-. The average molecular weight is 644 g/mol. The summed E-state index contributed by atoms with van der Waals surface area (Å²) in [5, 5.41) is 9.30. The lowest BCUT2D eigenvalue weighted by molar-refractivity contribution is 0.625. The molecule has 49 heavy (non-hydrogen) atoms. The van der Waals surface area contributed by atoms with E-state index in [2.05, 4.69) is 181 Å². The van der Waals surface area contributed by atoms with E-state index in [0.717, 1.165) is 32.9 Å². The molecule has 0 aliphatic heterocycles. The molecule has 7 aromatic carbocycles. The van der Waals surface area contributed by atoms with Gasteiger partial charge < -0.3 is 4.42 Å². The fraction of sp³-hybridized carbons (Fsp3) is 0.0217. The molecule has 0 fully saturated rings.